The first-order valence-corrected chi connectivity index (χ1v) is 7.12. The fraction of sp³-hybridized carbons (Fsp3) is 0.533. The van der Waals surface area contributed by atoms with Crippen LogP contribution in [0.4, 0.5) is 0 Å². The van der Waals surface area contributed by atoms with Crippen molar-refractivity contribution >= 4 is 5.84 Å². The molecule has 1 fully saturated rings. The third-order valence-electron chi connectivity index (χ3n) is 3.78. The van der Waals surface area contributed by atoms with Crippen molar-refractivity contribution in [2.45, 2.75) is 37.8 Å². The molecule has 0 bridgehead atoms. The maximum Gasteiger partial charge on any atom is 0.147 e. The van der Waals surface area contributed by atoms with E-state index in [2.05, 4.69) is 10.5 Å². The number of hydrogen-bond donors (Lipinski definition) is 3. The highest BCUT2D eigenvalue weighted by Crippen LogP contribution is 2.24. The van der Waals surface area contributed by atoms with Gasteiger partial charge in [-0.2, -0.15) is 0 Å². The van der Waals surface area contributed by atoms with Crippen LogP contribution < -0.4 is 11.1 Å². The van der Waals surface area contributed by atoms with Gasteiger partial charge in [-0.15, -0.1) is 0 Å². The first kappa shape index (κ1) is 14.8. The third-order valence-corrected chi connectivity index (χ3v) is 3.78. The molecule has 1 aliphatic carbocycles. The summed E-state index contributed by atoms with van der Waals surface area (Å²) >= 11 is 0. The lowest BCUT2D eigenvalue weighted by Crippen LogP contribution is -2.47. The highest BCUT2D eigenvalue weighted by Gasteiger charge is 2.30. The number of hydrogen-bond acceptors (Lipinski definition) is 4. The Bertz CT molecular complexity index is 430. The molecule has 5 heteroatoms. The topological polar surface area (TPSA) is 79.9 Å². The second-order valence-corrected chi connectivity index (χ2v) is 5.14. The molecule has 1 aromatic rings. The van der Waals surface area contributed by atoms with Gasteiger partial charge in [0.2, 0.25) is 0 Å². The van der Waals surface area contributed by atoms with Crippen LogP contribution in [0.2, 0.25) is 0 Å². The van der Waals surface area contributed by atoms with Crippen molar-refractivity contribution in [1.29, 1.82) is 0 Å². The molecular weight excluding hydrogens is 254 g/mol. The second kappa shape index (κ2) is 7.26. The molecular formula is C15H23N3O2. The molecule has 1 aliphatic rings. The van der Waals surface area contributed by atoms with Gasteiger partial charge in [0.1, 0.15) is 5.84 Å². The first-order chi connectivity index (χ1) is 9.74. The third kappa shape index (κ3) is 3.71. The average molecular weight is 277 g/mol. The monoisotopic (exact) mass is 277 g/mol. The van der Waals surface area contributed by atoms with Crippen LogP contribution in [0.25, 0.3) is 0 Å². The molecule has 0 radical (unpaired) electrons. The lowest BCUT2D eigenvalue weighted by Gasteiger charge is -2.36. The van der Waals surface area contributed by atoms with Crippen LogP contribution in [0, 0.1) is 0 Å². The molecule has 1 aromatic carbocycles. The first-order valence-electron chi connectivity index (χ1n) is 7.12. The molecule has 0 aliphatic heterocycles. The maximum absolute atomic E-state index is 8.93. The zero-order valence-corrected chi connectivity index (χ0v) is 11.8. The SMILES string of the molecule is CCOC1CC(NCC(/C(N)=N/O)c2ccccc2)C1. The van der Waals surface area contributed by atoms with Gasteiger partial charge in [-0.3, -0.25) is 0 Å². The maximum atomic E-state index is 8.93. The van der Waals surface area contributed by atoms with Crippen LogP contribution in [-0.4, -0.2) is 36.3 Å². The predicted octanol–water partition coefficient (Wildman–Crippen LogP) is 1.67. The van der Waals surface area contributed by atoms with Crippen molar-refractivity contribution in [2.24, 2.45) is 10.9 Å². The number of nitrogens with one attached hydrogen (secondary N) is 1. The Morgan fingerprint density at radius 3 is 2.75 bits per heavy atom. The molecule has 110 valence electrons. The summed E-state index contributed by atoms with van der Waals surface area (Å²) in [4.78, 5) is 0. The van der Waals surface area contributed by atoms with E-state index in [1.54, 1.807) is 0 Å². The smallest absolute Gasteiger partial charge is 0.147 e. The van der Waals surface area contributed by atoms with E-state index >= 15 is 0 Å². The van der Waals surface area contributed by atoms with Crippen LogP contribution in [0.1, 0.15) is 31.2 Å². The lowest BCUT2D eigenvalue weighted by molar-refractivity contribution is -0.00974. The number of benzene rings is 1. The summed E-state index contributed by atoms with van der Waals surface area (Å²) in [6, 6.07) is 10.3. The molecule has 0 saturated heterocycles. The summed E-state index contributed by atoms with van der Waals surface area (Å²) in [5.74, 6) is 0.136. The number of nitrogens with zero attached hydrogens (tertiary/aromatic N) is 1. The van der Waals surface area contributed by atoms with Crippen LogP contribution in [0.5, 0.6) is 0 Å². The highest BCUT2D eigenvalue weighted by atomic mass is 16.5. The molecule has 1 atom stereocenters. The number of oxime groups is 1. The van der Waals surface area contributed by atoms with Crippen molar-refractivity contribution in [3.05, 3.63) is 35.9 Å². The van der Waals surface area contributed by atoms with Crippen LogP contribution in [-0.2, 0) is 4.74 Å². The van der Waals surface area contributed by atoms with Gasteiger partial charge < -0.3 is 21.0 Å². The zero-order valence-electron chi connectivity index (χ0n) is 11.8. The Morgan fingerprint density at radius 1 is 1.45 bits per heavy atom. The Labute approximate surface area is 119 Å². The molecule has 0 spiro atoms. The Kier molecular flexibility index (Phi) is 5.38. The van der Waals surface area contributed by atoms with Crippen LogP contribution in [0.15, 0.2) is 35.5 Å². The summed E-state index contributed by atoms with van der Waals surface area (Å²) in [7, 11) is 0. The van der Waals surface area contributed by atoms with Crippen molar-refractivity contribution in [3.63, 3.8) is 0 Å². The summed E-state index contributed by atoms with van der Waals surface area (Å²) in [5.41, 5.74) is 6.86. The van der Waals surface area contributed by atoms with Gasteiger partial charge in [0, 0.05) is 19.2 Å². The summed E-state index contributed by atoms with van der Waals surface area (Å²) in [6.45, 7) is 3.46. The van der Waals surface area contributed by atoms with E-state index in [0.29, 0.717) is 18.7 Å². The van der Waals surface area contributed by atoms with Crippen molar-refractivity contribution < 1.29 is 9.94 Å². The molecule has 0 heterocycles. The molecule has 4 N–H and O–H groups in total. The predicted molar refractivity (Wildman–Crippen MR) is 79.0 cm³/mol. The van der Waals surface area contributed by atoms with Gasteiger partial charge in [-0.1, -0.05) is 35.5 Å². The number of rotatable bonds is 7. The van der Waals surface area contributed by atoms with Crippen LogP contribution >= 0.6 is 0 Å². The van der Waals surface area contributed by atoms with E-state index in [4.69, 9.17) is 15.7 Å². The normalized spacial score (nSPS) is 24.1. The van der Waals surface area contributed by atoms with Gasteiger partial charge in [0.05, 0.1) is 12.0 Å². The molecule has 1 unspecified atom stereocenters. The lowest BCUT2D eigenvalue weighted by atomic mass is 9.88. The number of nitrogens with two attached hydrogens (primary N) is 1. The molecule has 1 saturated carbocycles. The fourth-order valence-corrected chi connectivity index (χ4v) is 2.54. The summed E-state index contributed by atoms with van der Waals surface area (Å²) in [5, 5.41) is 15.6. The second-order valence-electron chi connectivity index (χ2n) is 5.14. The van der Waals surface area contributed by atoms with E-state index < -0.39 is 0 Å². The average Bonchev–Trinajstić information content (AvgIpc) is 2.45. The Hall–Kier alpha value is -1.59. The van der Waals surface area contributed by atoms with E-state index in [9.17, 15) is 0 Å². The molecule has 0 aromatic heterocycles. The number of ether oxygens (including phenoxy) is 1. The molecule has 0 amide bonds. The fourth-order valence-electron chi connectivity index (χ4n) is 2.54. The summed E-state index contributed by atoms with van der Waals surface area (Å²) in [6.07, 6.45) is 2.45. The minimum atomic E-state index is -0.104. The summed E-state index contributed by atoms with van der Waals surface area (Å²) < 4.78 is 5.54. The van der Waals surface area contributed by atoms with Crippen LogP contribution in [0.3, 0.4) is 0 Å². The van der Waals surface area contributed by atoms with Gasteiger partial charge in [0.15, 0.2) is 0 Å². The van der Waals surface area contributed by atoms with Crippen molar-refractivity contribution in [1.82, 2.24) is 5.32 Å². The van der Waals surface area contributed by atoms with Gasteiger partial charge in [0.25, 0.3) is 0 Å². The minimum Gasteiger partial charge on any atom is -0.409 e. The molecule has 2 rings (SSSR count). The van der Waals surface area contributed by atoms with Gasteiger partial charge >= 0.3 is 0 Å². The zero-order chi connectivity index (χ0) is 14.4. The van der Waals surface area contributed by atoms with Gasteiger partial charge in [-0.05, 0) is 25.3 Å². The molecule has 20 heavy (non-hydrogen) atoms. The largest absolute Gasteiger partial charge is 0.409 e. The van der Waals surface area contributed by atoms with Gasteiger partial charge in [-0.25, -0.2) is 0 Å². The Balaban J connectivity index is 1.87. The quantitative estimate of drug-likeness (QED) is 0.306. The standard InChI is InChI=1S/C15H23N3O2/c1-2-20-13-8-12(9-13)17-10-14(15(16)18-19)11-6-4-3-5-7-11/h3-7,12-14,17,19H,2,8-10H2,1H3,(H2,16,18). The Morgan fingerprint density at radius 2 is 2.15 bits per heavy atom. The van der Waals surface area contributed by atoms with E-state index in [1.165, 1.54) is 0 Å². The minimum absolute atomic E-state index is 0.104. The van der Waals surface area contributed by atoms with Crippen molar-refractivity contribution in [3.8, 4) is 0 Å². The molecule has 5 nitrogen and oxygen atoms in total. The number of amidine groups is 1. The van der Waals surface area contributed by atoms with E-state index in [-0.39, 0.29) is 11.8 Å². The van der Waals surface area contributed by atoms with E-state index in [0.717, 1.165) is 25.0 Å². The van der Waals surface area contributed by atoms with Crippen molar-refractivity contribution in [2.75, 3.05) is 13.2 Å². The van der Waals surface area contributed by atoms with E-state index in [1.807, 2.05) is 37.3 Å². The highest BCUT2D eigenvalue weighted by molar-refractivity contribution is 5.87.